The lowest BCUT2D eigenvalue weighted by Gasteiger charge is -2.37. The second kappa shape index (κ2) is 5.63. The van der Waals surface area contributed by atoms with E-state index in [1.807, 2.05) is 0 Å². The van der Waals surface area contributed by atoms with Crippen LogP contribution in [0.25, 0.3) is 10.2 Å². The number of nitrogens with one attached hydrogen (secondary N) is 1. The second-order valence-corrected chi connectivity index (χ2v) is 6.34. The molecule has 0 aromatic carbocycles. The lowest BCUT2D eigenvalue weighted by atomic mass is 9.90. The monoisotopic (exact) mass is 292 g/mol. The molecule has 108 valence electrons. The second-order valence-electron chi connectivity index (χ2n) is 5.23. The van der Waals surface area contributed by atoms with Crippen molar-refractivity contribution in [2.24, 2.45) is 5.73 Å². The topological polar surface area (TPSA) is 73.1 Å². The van der Waals surface area contributed by atoms with Gasteiger partial charge < -0.3 is 15.8 Å². The van der Waals surface area contributed by atoms with Gasteiger partial charge in [0.05, 0.1) is 10.9 Å². The maximum atomic E-state index is 6.00. The molecule has 2 aromatic rings. The fourth-order valence-electron chi connectivity index (χ4n) is 2.57. The number of hydrogen-bond donors (Lipinski definition) is 2. The average Bonchev–Trinajstić information content (AvgIpc) is 2.92. The van der Waals surface area contributed by atoms with Crippen molar-refractivity contribution in [2.75, 3.05) is 25.1 Å². The number of nitrogens with zero attached hydrogens (tertiary/aromatic N) is 2. The molecule has 20 heavy (non-hydrogen) atoms. The van der Waals surface area contributed by atoms with E-state index in [-0.39, 0.29) is 5.54 Å². The van der Waals surface area contributed by atoms with Crippen LogP contribution in [-0.4, -0.2) is 35.3 Å². The number of anilines is 1. The van der Waals surface area contributed by atoms with E-state index in [1.54, 1.807) is 17.7 Å². The molecule has 0 amide bonds. The van der Waals surface area contributed by atoms with Gasteiger partial charge in [-0.15, -0.1) is 11.3 Å². The largest absolute Gasteiger partial charge is 0.381 e. The zero-order valence-corrected chi connectivity index (χ0v) is 12.5. The lowest BCUT2D eigenvalue weighted by Crippen LogP contribution is -2.49. The summed E-state index contributed by atoms with van der Waals surface area (Å²) in [6, 6.07) is 2.19. The molecule has 6 heteroatoms. The van der Waals surface area contributed by atoms with Crippen LogP contribution in [-0.2, 0) is 11.2 Å². The van der Waals surface area contributed by atoms with Crippen LogP contribution < -0.4 is 11.1 Å². The Hall–Kier alpha value is -1.24. The maximum absolute atomic E-state index is 6.00. The minimum absolute atomic E-state index is 0.103. The van der Waals surface area contributed by atoms with Gasteiger partial charge in [0.1, 0.15) is 17.0 Å². The first-order valence-electron chi connectivity index (χ1n) is 7.06. The average molecular weight is 292 g/mol. The molecule has 1 saturated heterocycles. The summed E-state index contributed by atoms with van der Waals surface area (Å²) in [4.78, 5) is 11.2. The normalized spacial score (nSPS) is 18.3. The minimum Gasteiger partial charge on any atom is -0.381 e. The lowest BCUT2D eigenvalue weighted by molar-refractivity contribution is 0.0627. The Morgan fingerprint density at radius 2 is 2.20 bits per heavy atom. The first-order chi connectivity index (χ1) is 9.76. The van der Waals surface area contributed by atoms with Gasteiger partial charge in [-0.1, -0.05) is 6.92 Å². The Labute approximate surface area is 122 Å². The number of hydrogen-bond acceptors (Lipinski definition) is 6. The third-order valence-electron chi connectivity index (χ3n) is 3.95. The Morgan fingerprint density at radius 3 is 2.90 bits per heavy atom. The molecular weight excluding hydrogens is 272 g/mol. The molecule has 3 rings (SSSR count). The molecule has 0 saturated carbocycles. The van der Waals surface area contributed by atoms with Crippen LogP contribution in [0.5, 0.6) is 0 Å². The zero-order valence-electron chi connectivity index (χ0n) is 11.7. The van der Waals surface area contributed by atoms with Gasteiger partial charge in [0.25, 0.3) is 0 Å². The van der Waals surface area contributed by atoms with Crippen molar-refractivity contribution in [3.63, 3.8) is 0 Å². The van der Waals surface area contributed by atoms with E-state index >= 15 is 0 Å². The molecule has 5 nitrogen and oxygen atoms in total. The highest BCUT2D eigenvalue weighted by Gasteiger charge is 2.32. The van der Waals surface area contributed by atoms with Gasteiger partial charge in [-0.25, -0.2) is 9.97 Å². The first kappa shape index (κ1) is 13.7. The molecule has 2 aromatic heterocycles. The molecule has 1 fully saturated rings. The molecule has 0 radical (unpaired) electrons. The third-order valence-corrected chi connectivity index (χ3v) is 5.14. The number of ether oxygens (including phenoxy) is 1. The van der Waals surface area contributed by atoms with E-state index in [1.165, 1.54) is 4.88 Å². The van der Waals surface area contributed by atoms with Gasteiger partial charge in [-0.3, -0.25) is 0 Å². The molecule has 0 aliphatic carbocycles. The fraction of sp³-hybridized carbons (Fsp3) is 0.571. The van der Waals surface area contributed by atoms with Crippen molar-refractivity contribution < 1.29 is 4.74 Å². The van der Waals surface area contributed by atoms with E-state index in [4.69, 9.17) is 10.5 Å². The zero-order chi connectivity index (χ0) is 14.0. The molecule has 3 N–H and O–H groups in total. The van der Waals surface area contributed by atoms with Gasteiger partial charge in [-0.05, 0) is 25.3 Å². The molecular formula is C14H20N4OS. The molecule has 0 spiro atoms. The van der Waals surface area contributed by atoms with Crippen LogP contribution in [0.4, 0.5) is 5.82 Å². The van der Waals surface area contributed by atoms with Gasteiger partial charge in [0, 0.05) is 24.6 Å². The first-order valence-corrected chi connectivity index (χ1v) is 7.87. The van der Waals surface area contributed by atoms with E-state index in [2.05, 4.69) is 28.3 Å². The van der Waals surface area contributed by atoms with Crippen LogP contribution in [0.15, 0.2) is 12.4 Å². The highest BCUT2D eigenvalue weighted by atomic mass is 32.1. The van der Waals surface area contributed by atoms with E-state index in [0.29, 0.717) is 6.54 Å². The van der Waals surface area contributed by atoms with Crippen molar-refractivity contribution in [2.45, 2.75) is 31.7 Å². The van der Waals surface area contributed by atoms with Crippen LogP contribution >= 0.6 is 11.3 Å². The molecule has 0 bridgehead atoms. The minimum atomic E-state index is -0.103. The Balaban J connectivity index is 1.95. The van der Waals surface area contributed by atoms with Crippen LogP contribution in [0.1, 0.15) is 24.6 Å². The van der Waals surface area contributed by atoms with Crippen LogP contribution in [0, 0.1) is 0 Å². The molecule has 0 atom stereocenters. The number of thiophene rings is 1. The number of aryl methyl sites for hydroxylation is 1. The summed E-state index contributed by atoms with van der Waals surface area (Å²) in [5, 5.41) is 4.68. The van der Waals surface area contributed by atoms with E-state index in [0.717, 1.165) is 48.5 Å². The summed E-state index contributed by atoms with van der Waals surface area (Å²) in [5.74, 6) is 0.901. The van der Waals surface area contributed by atoms with Gasteiger partial charge in [0.15, 0.2) is 0 Å². The number of fused-ring (bicyclic) bond motifs is 1. The molecule has 0 unspecified atom stereocenters. The summed E-state index contributed by atoms with van der Waals surface area (Å²) in [6.45, 7) is 4.25. The molecule has 1 aliphatic heterocycles. The van der Waals surface area contributed by atoms with Crippen LogP contribution in [0.3, 0.4) is 0 Å². The smallest absolute Gasteiger partial charge is 0.138 e. The van der Waals surface area contributed by atoms with Crippen molar-refractivity contribution in [1.29, 1.82) is 0 Å². The summed E-state index contributed by atoms with van der Waals surface area (Å²) in [7, 11) is 0. The Kier molecular flexibility index (Phi) is 3.87. The quantitative estimate of drug-likeness (QED) is 0.903. The number of rotatable bonds is 4. The standard InChI is InChI=1S/C14H20N4OS/c1-2-10-7-11-12(16-9-17-13(11)20-10)18-14(8-15)3-5-19-6-4-14/h7,9H,2-6,8,15H2,1H3,(H,16,17,18). The van der Waals surface area contributed by atoms with Gasteiger partial charge >= 0.3 is 0 Å². The Bertz CT molecular complexity index is 592. The molecule has 1 aliphatic rings. The summed E-state index contributed by atoms with van der Waals surface area (Å²) >= 11 is 1.73. The van der Waals surface area contributed by atoms with Crippen molar-refractivity contribution in [3.8, 4) is 0 Å². The fourth-order valence-corrected chi connectivity index (χ4v) is 3.51. The van der Waals surface area contributed by atoms with Crippen LogP contribution in [0.2, 0.25) is 0 Å². The van der Waals surface area contributed by atoms with Crippen molar-refractivity contribution in [3.05, 3.63) is 17.3 Å². The molecule has 3 heterocycles. The van der Waals surface area contributed by atoms with E-state index in [9.17, 15) is 0 Å². The van der Waals surface area contributed by atoms with Crippen molar-refractivity contribution >= 4 is 27.4 Å². The number of aromatic nitrogens is 2. The summed E-state index contributed by atoms with van der Waals surface area (Å²) in [5.41, 5.74) is 5.90. The Morgan fingerprint density at radius 1 is 1.40 bits per heavy atom. The summed E-state index contributed by atoms with van der Waals surface area (Å²) in [6.07, 6.45) is 4.49. The highest BCUT2D eigenvalue weighted by molar-refractivity contribution is 7.18. The maximum Gasteiger partial charge on any atom is 0.138 e. The van der Waals surface area contributed by atoms with E-state index < -0.39 is 0 Å². The van der Waals surface area contributed by atoms with Gasteiger partial charge in [-0.2, -0.15) is 0 Å². The predicted molar refractivity (Wildman–Crippen MR) is 82.3 cm³/mol. The predicted octanol–water partition coefficient (Wildman–Crippen LogP) is 2.17. The number of nitrogens with two attached hydrogens (primary N) is 1. The highest BCUT2D eigenvalue weighted by Crippen LogP contribution is 2.32. The van der Waals surface area contributed by atoms with Crippen molar-refractivity contribution in [1.82, 2.24) is 9.97 Å². The SMILES string of the molecule is CCc1cc2c(NC3(CN)CCOCC3)ncnc2s1. The third kappa shape index (κ3) is 2.51. The van der Waals surface area contributed by atoms with Gasteiger partial charge in [0.2, 0.25) is 0 Å². The summed E-state index contributed by atoms with van der Waals surface area (Å²) < 4.78 is 5.45.